The van der Waals surface area contributed by atoms with Crippen molar-refractivity contribution in [2.75, 3.05) is 0 Å². The summed E-state index contributed by atoms with van der Waals surface area (Å²) in [6.07, 6.45) is 5.34. The maximum Gasteiger partial charge on any atom is 0.121 e. The Balaban J connectivity index is 2.08. The first-order chi connectivity index (χ1) is 8.29. The highest BCUT2D eigenvalue weighted by Crippen LogP contribution is 2.21. The van der Waals surface area contributed by atoms with Crippen LogP contribution in [0.15, 0.2) is 48.5 Å². The average molecular weight is 243 g/mol. The Bertz CT molecular complexity index is 541. The van der Waals surface area contributed by atoms with Gasteiger partial charge in [-0.2, -0.15) is 0 Å². The minimum Gasteiger partial charge on any atom is -0.489 e. The van der Waals surface area contributed by atoms with Crippen LogP contribution in [0.25, 0.3) is 0 Å². The predicted molar refractivity (Wildman–Crippen MR) is 70.2 cm³/mol. The summed E-state index contributed by atoms with van der Waals surface area (Å²) in [5.74, 6) is 3.25. The number of benzene rings is 2. The van der Waals surface area contributed by atoms with Crippen LogP contribution in [0.3, 0.4) is 0 Å². The van der Waals surface area contributed by atoms with E-state index in [-0.39, 0.29) is 0 Å². The lowest BCUT2D eigenvalue weighted by Gasteiger charge is -2.07. The van der Waals surface area contributed by atoms with Gasteiger partial charge in [0.1, 0.15) is 12.4 Å². The zero-order valence-electron chi connectivity index (χ0n) is 9.19. The summed E-state index contributed by atoms with van der Waals surface area (Å²) >= 11 is 5.92. The Kier molecular flexibility index (Phi) is 3.69. The summed E-state index contributed by atoms with van der Waals surface area (Å²) in [7, 11) is 0. The molecule has 0 radical (unpaired) electrons. The van der Waals surface area contributed by atoms with Gasteiger partial charge in [0.25, 0.3) is 0 Å². The molecular weight excluding hydrogens is 232 g/mol. The van der Waals surface area contributed by atoms with Crippen LogP contribution in [0, 0.1) is 12.3 Å². The van der Waals surface area contributed by atoms with E-state index in [9.17, 15) is 0 Å². The molecule has 0 amide bonds. The van der Waals surface area contributed by atoms with Crippen LogP contribution < -0.4 is 4.74 Å². The van der Waals surface area contributed by atoms with Crippen molar-refractivity contribution < 1.29 is 4.74 Å². The highest BCUT2D eigenvalue weighted by molar-refractivity contribution is 6.31. The number of rotatable bonds is 3. The highest BCUT2D eigenvalue weighted by atomic mass is 35.5. The van der Waals surface area contributed by atoms with Crippen LogP contribution >= 0.6 is 11.6 Å². The molecule has 0 N–H and O–H groups in total. The van der Waals surface area contributed by atoms with Crippen molar-refractivity contribution in [1.82, 2.24) is 0 Å². The summed E-state index contributed by atoms with van der Waals surface area (Å²) < 4.78 is 5.64. The van der Waals surface area contributed by atoms with Crippen molar-refractivity contribution in [2.45, 2.75) is 6.61 Å². The van der Waals surface area contributed by atoms with Crippen LogP contribution in [-0.2, 0) is 6.61 Å². The largest absolute Gasteiger partial charge is 0.489 e. The van der Waals surface area contributed by atoms with Gasteiger partial charge in [-0.25, -0.2) is 0 Å². The Morgan fingerprint density at radius 3 is 2.59 bits per heavy atom. The van der Waals surface area contributed by atoms with Crippen LogP contribution in [0.5, 0.6) is 5.75 Å². The van der Waals surface area contributed by atoms with Crippen molar-refractivity contribution in [3.8, 4) is 18.1 Å². The van der Waals surface area contributed by atoms with Gasteiger partial charge in [-0.3, -0.25) is 0 Å². The van der Waals surface area contributed by atoms with Gasteiger partial charge in [-0.15, -0.1) is 6.42 Å². The Labute approximate surface area is 106 Å². The molecular formula is C15H11ClO. The molecule has 0 aliphatic carbocycles. The van der Waals surface area contributed by atoms with Crippen LogP contribution in [0.4, 0.5) is 0 Å². The minimum atomic E-state index is 0.520. The van der Waals surface area contributed by atoms with Gasteiger partial charge in [0.05, 0.1) is 5.02 Å². The third-order valence-electron chi connectivity index (χ3n) is 2.34. The first-order valence-electron chi connectivity index (χ1n) is 5.22. The quantitative estimate of drug-likeness (QED) is 0.742. The van der Waals surface area contributed by atoms with E-state index in [1.165, 1.54) is 0 Å². The molecule has 0 aromatic heterocycles. The highest BCUT2D eigenvalue weighted by Gasteiger charge is 2.00. The molecule has 0 saturated heterocycles. The van der Waals surface area contributed by atoms with Crippen molar-refractivity contribution in [2.24, 2.45) is 0 Å². The van der Waals surface area contributed by atoms with Gasteiger partial charge in [0.2, 0.25) is 0 Å². The van der Waals surface area contributed by atoms with E-state index in [0.717, 1.165) is 11.3 Å². The fraction of sp³-hybridized carbons (Fsp3) is 0.0667. The second kappa shape index (κ2) is 5.43. The molecule has 2 aromatic rings. The molecule has 2 rings (SSSR count). The molecule has 0 fully saturated rings. The van der Waals surface area contributed by atoms with Crippen LogP contribution in [-0.4, -0.2) is 0 Å². The van der Waals surface area contributed by atoms with Gasteiger partial charge < -0.3 is 4.74 Å². The fourth-order valence-corrected chi connectivity index (χ4v) is 1.62. The van der Waals surface area contributed by atoms with Crippen molar-refractivity contribution in [3.05, 3.63) is 64.7 Å². The molecule has 84 valence electrons. The molecule has 0 bridgehead atoms. The Hall–Kier alpha value is -1.91. The number of hydrogen-bond donors (Lipinski definition) is 0. The van der Waals surface area contributed by atoms with E-state index in [1.807, 2.05) is 36.4 Å². The number of terminal acetylenes is 1. The SMILES string of the molecule is C#Cc1cc(OCc2ccccc2)ccc1Cl. The second-order valence-electron chi connectivity index (χ2n) is 3.56. The maximum absolute atomic E-state index is 5.92. The summed E-state index contributed by atoms with van der Waals surface area (Å²) in [6, 6.07) is 15.3. The van der Waals surface area contributed by atoms with Crippen molar-refractivity contribution in [3.63, 3.8) is 0 Å². The first-order valence-corrected chi connectivity index (χ1v) is 5.60. The van der Waals surface area contributed by atoms with Crippen molar-refractivity contribution >= 4 is 11.6 Å². The molecule has 0 saturated carbocycles. The second-order valence-corrected chi connectivity index (χ2v) is 3.97. The third kappa shape index (κ3) is 3.03. The normalized spacial score (nSPS) is 9.65. The van der Waals surface area contributed by atoms with E-state index in [0.29, 0.717) is 17.2 Å². The first kappa shape index (κ1) is 11.6. The lowest BCUT2D eigenvalue weighted by molar-refractivity contribution is 0.306. The zero-order valence-corrected chi connectivity index (χ0v) is 9.95. The lowest BCUT2D eigenvalue weighted by atomic mass is 10.2. The van der Waals surface area contributed by atoms with E-state index in [4.69, 9.17) is 22.8 Å². The van der Waals surface area contributed by atoms with Crippen LogP contribution in [0.1, 0.15) is 11.1 Å². The van der Waals surface area contributed by atoms with E-state index in [2.05, 4.69) is 5.92 Å². The summed E-state index contributed by atoms with van der Waals surface area (Å²) in [5.41, 5.74) is 1.77. The number of hydrogen-bond acceptors (Lipinski definition) is 1. The number of ether oxygens (including phenoxy) is 1. The molecule has 17 heavy (non-hydrogen) atoms. The smallest absolute Gasteiger partial charge is 0.121 e. The summed E-state index contributed by atoms with van der Waals surface area (Å²) in [6.45, 7) is 0.520. The Morgan fingerprint density at radius 1 is 1.12 bits per heavy atom. The Morgan fingerprint density at radius 2 is 1.88 bits per heavy atom. The minimum absolute atomic E-state index is 0.520. The van der Waals surface area contributed by atoms with Crippen LogP contribution in [0.2, 0.25) is 5.02 Å². The monoisotopic (exact) mass is 242 g/mol. The van der Waals surface area contributed by atoms with E-state index < -0.39 is 0 Å². The maximum atomic E-state index is 5.92. The molecule has 0 spiro atoms. The van der Waals surface area contributed by atoms with Gasteiger partial charge in [-0.1, -0.05) is 47.9 Å². The molecule has 0 heterocycles. The van der Waals surface area contributed by atoms with Gasteiger partial charge >= 0.3 is 0 Å². The van der Waals surface area contributed by atoms with E-state index >= 15 is 0 Å². The third-order valence-corrected chi connectivity index (χ3v) is 2.67. The zero-order chi connectivity index (χ0) is 12.1. The molecule has 0 aliphatic rings. The summed E-state index contributed by atoms with van der Waals surface area (Å²) in [5, 5.41) is 0.569. The molecule has 0 atom stereocenters. The molecule has 2 heteroatoms. The van der Waals surface area contributed by atoms with Gasteiger partial charge in [-0.05, 0) is 23.8 Å². The number of halogens is 1. The van der Waals surface area contributed by atoms with Gasteiger partial charge in [0.15, 0.2) is 0 Å². The predicted octanol–water partition coefficient (Wildman–Crippen LogP) is 3.90. The molecule has 1 nitrogen and oxygen atoms in total. The van der Waals surface area contributed by atoms with Crippen molar-refractivity contribution in [1.29, 1.82) is 0 Å². The standard InChI is InChI=1S/C15H11ClO/c1-2-13-10-14(8-9-15(13)16)17-11-12-6-4-3-5-7-12/h1,3-10H,11H2. The van der Waals surface area contributed by atoms with E-state index in [1.54, 1.807) is 12.1 Å². The topological polar surface area (TPSA) is 9.23 Å². The molecule has 0 aliphatic heterocycles. The fourth-order valence-electron chi connectivity index (χ4n) is 1.45. The van der Waals surface area contributed by atoms with Gasteiger partial charge in [0, 0.05) is 5.56 Å². The molecule has 0 unspecified atom stereocenters. The lowest BCUT2D eigenvalue weighted by Crippen LogP contribution is -1.95. The molecule has 2 aromatic carbocycles. The average Bonchev–Trinajstić information content (AvgIpc) is 2.39. The summed E-state index contributed by atoms with van der Waals surface area (Å²) in [4.78, 5) is 0.